The van der Waals surface area contributed by atoms with Crippen LogP contribution in [0, 0.1) is 0 Å². The fourth-order valence-electron chi connectivity index (χ4n) is 2.68. The summed E-state index contributed by atoms with van der Waals surface area (Å²) in [4.78, 5) is 15.4. The molecule has 0 radical (unpaired) electrons. The van der Waals surface area contributed by atoms with Gasteiger partial charge in [0.2, 0.25) is 0 Å². The van der Waals surface area contributed by atoms with Crippen LogP contribution in [0.25, 0.3) is 0 Å². The van der Waals surface area contributed by atoms with Gasteiger partial charge in [-0.25, -0.2) is 10.1 Å². The van der Waals surface area contributed by atoms with E-state index in [9.17, 15) is 18.0 Å². The second-order valence-corrected chi connectivity index (χ2v) is 5.62. The third-order valence-electron chi connectivity index (χ3n) is 3.85. The Balaban J connectivity index is 1.57. The predicted molar refractivity (Wildman–Crippen MR) is 86.4 cm³/mol. The van der Waals surface area contributed by atoms with Crippen LogP contribution in [-0.2, 0) is 10.9 Å². The molecule has 2 heterocycles. The topological polar surface area (TPSA) is 73.6 Å². The molecule has 0 bridgehead atoms. The second kappa shape index (κ2) is 6.35. The standard InChI is InChI=1S/C18H11F3N2O4/c19-18(20,21)14-9-25-16(22-14)23-17(24)27-15-10-5-1-3-7-12(10)26-13-8-4-2-6-11(13)15/h1-9,15H,(H,22,23,24). The fourth-order valence-corrected chi connectivity index (χ4v) is 2.68. The van der Waals surface area contributed by atoms with Crippen LogP contribution < -0.4 is 10.1 Å². The minimum Gasteiger partial charge on any atom is -0.456 e. The van der Waals surface area contributed by atoms with Gasteiger partial charge < -0.3 is 13.9 Å². The number of ether oxygens (including phenoxy) is 2. The highest BCUT2D eigenvalue weighted by Crippen LogP contribution is 2.44. The van der Waals surface area contributed by atoms with Gasteiger partial charge in [-0.3, -0.25) is 0 Å². The number of alkyl halides is 3. The molecule has 0 fully saturated rings. The van der Waals surface area contributed by atoms with Gasteiger partial charge in [-0.1, -0.05) is 36.4 Å². The van der Waals surface area contributed by atoms with Crippen molar-refractivity contribution in [1.82, 2.24) is 4.98 Å². The minimum absolute atomic E-state index is 0.411. The highest BCUT2D eigenvalue weighted by atomic mass is 19.4. The van der Waals surface area contributed by atoms with Crippen molar-refractivity contribution < 1.29 is 31.9 Å². The van der Waals surface area contributed by atoms with E-state index in [2.05, 4.69) is 14.7 Å². The molecule has 6 nitrogen and oxygen atoms in total. The first kappa shape index (κ1) is 17.0. The summed E-state index contributed by atoms with van der Waals surface area (Å²) in [5, 5.41) is 2.06. The number of carbonyl (C=O) groups excluding carboxylic acids is 1. The highest BCUT2D eigenvalue weighted by Gasteiger charge is 2.35. The molecule has 1 aliphatic rings. The van der Waals surface area contributed by atoms with Crippen LogP contribution in [0.5, 0.6) is 11.5 Å². The van der Waals surface area contributed by atoms with E-state index in [1.807, 2.05) is 0 Å². The van der Waals surface area contributed by atoms with Crippen LogP contribution in [0.15, 0.2) is 59.2 Å². The maximum Gasteiger partial charge on any atom is 0.436 e. The van der Waals surface area contributed by atoms with E-state index in [1.54, 1.807) is 48.5 Å². The molecule has 0 atom stereocenters. The van der Waals surface area contributed by atoms with E-state index in [0.717, 1.165) is 0 Å². The quantitative estimate of drug-likeness (QED) is 0.671. The number of anilines is 1. The van der Waals surface area contributed by atoms with Crippen LogP contribution in [-0.4, -0.2) is 11.1 Å². The van der Waals surface area contributed by atoms with Gasteiger partial charge >= 0.3 is 18.3 Å². The summed E-state index contributed by atoms with van der Waals surface area (Å²) in [6, 6.07) is 13.4. The number of nitrogens with one attached hydrogen (secondary N) is 1. The van der Waals surface area contributed by atoms with Crippen LogP contribution in [0.1, 0.15) is 22.9 Å². The van der Waals surface area contributed by atoms with Crippen molar-refractivity contribution in [2.75, 3.05) is 5.32 Å². The largest absolute Gasteiger partial charge is 0.456 e. The van der Waals surface area contributed by atoms with Crippen molar-refractivity contribution in [3.63, 3.8) is 0 Å². The number of benzene rings is 2. The molecule has 1 amide bonds. The Morgan fingerprint density at radius 2 is 1.63 bits per heavy atom. The van der Waals surface area contributed by atoms with E-state index in [4.69, 9.17) is 9.47 Å². The number of carbonyl (C=O) groups is 1. The first-order valence-electron chi connectivity index (χ1n) is 7.78. The SMILES string of the molecule is O=C(Nc1nc(C(F)(F)F)co1)OC1c2ccccc2Oc2ccccc21. The number of rotatable bonds is 2. The normalized spacial score (nSPS) is 13.3. The molecule has 2 aromatic carbocycles. The average molecular weight is 376 g/mol. The summed E-state index contributed by atoms with van der Waals surface area (Å²) in [7, 11) is 0. The molecular formula is C18H11F3N2O4. The lowest BCUT2D eigenvalue weighted by Gasteiger charge is -2.27. The fraction of sp³-hybridized carbons (Fsp3) is 0.111. The first-order chi connectivity index (χ1) is 12.9. The number of halogens is 3. The zero-order chi connectivity index (χ0) is 19.0. The zero-order valence-corrected chi connectivity index (χ0v) is 13.5. The monoisotopic (exact) mass is 376 g/mol. The molecule has 27 heavy (non-hydrogen) atoms. The van der Waals surface area contributed by atoms with E-state index >= 15 is 0 Å². The molecule has 0 spiro atoms. The second-order valence-electron chi connectivity index (χ2n) is 5.62. The Labute approximate surface area is 150 Å². The van der Waals surface area contributed by atoms with Crippen molar-refractivity contribution in [2.24, 2.45) is 0 Å². The molecule has 4 rings (SSSR count). The van der Waals surface area contributed by atoms with Gasteiger partial charge in [0.1, 0.15) is 17.8 Å². The summed E-state index contributed by atoms with van der Waals surface area (Å²) in [5.41, 5.74) is -0.0379. The van der Waals surface area contributed by atoms with Crippen LogP contribution >= 0.6 is 0 Å². The molecule has 138 valence electrons. The van der Waals surface area contributed by atoms with Gasteiger partial charge in [0, 0.05) is 11.1 Å². The molecule has 1 aliphatic heterocycles. The molecule has 1 aromatic heterocycles. The van der Waals surface area contributed by atoms with Gasteiger partial charge in [0.15, 0.2) is 11.8 Å². The molecule has 3 aromatic rings. The first-order valence-corrected chi connectivity index (χ1v) is 7.78. The lowest BCUT2D eigenvalue weighted by molar-refractivity contribution is -0.141. The third kappa shape index (κ3) is 3.31. The van der Waals surface area contributed by atoms with Crippen molar-refractivity contribution in [1.29, 1.82) is 0 Å². The molecule has 9 heteroatoms. The molecular weight excluding hydrogens is 365 g/mol. The number of oxazole rings is 1. The number of fused-ring (bicyclic) bond motifs is 2. The van der Waals surface area contributed by atoms with Crippen molar-refractivity contribution in [3.05, 3.63) is 71.6 Å². The Bertz CT molecular complexity index is 955. The number of para-hydroxylation sites is 2. The van der Waals surface area contributed by atoms with E-state index < -0.39 is 30.1 Å². The van der Waals surface area contributed by atoms with Crippen molar-refractivity contribution in [2.45, 2.75) is 12.3 Å². The van der Waals surface area contributed by atoms with Crippen LogP contribution in [0.4, 0.5) is 24.0 Å². The summed E-state index contributed by atoms with van der Waals surface area (Å²) in [5.74, 6) is 1.04. The Kier molecular flexibility index (Phi) is 3.98. The van der Waals surface area contributed by atoms with Crippen molar-refractivity contribution in [3.8, 4) is 11.5 Å². The number of hydrogen-bond donors (Lipinski definition) is 1. The maximum absolute atomic E-state index is 12.6. The predicted octanol–water partition coefficient (Wildman–Crippen LogP) is 5.14. The van der Waals surface area contributed by atoms with Gasteiger partial charge in [-0.2, -0.15) is 18.2 Å². The number of aromatic nitrogens is 1. The molecule has 1 N–H and O–H groups in total. The van der Waals surface area contributed by atoms with Gasteiger partial charge in [-0.15, -0.1) is 0 Å². The molecule has 0 unspecified atom stereocenters. The Hall–Kier alpha value is -3.49. The highest BCUT2D eigenvalue weighted by molar-refractivity contribution is 5.82. The lowest BCUT2D eigenvalue weighted by Crippen LogP contribution is -2.21. The van der Waals surface area contributed by atoms with E-state index in [-0.39, 0.29) is 0 Å². The van der Waals surface area contributed by atoms with Crippen LogP contribution in [0.3, 0.4) is 0 Å². The van der Waals surface area contributed by atoms with E-state index in [0.29, 0.717) is 28.9 Å². The maximum atomic E-state index is 12.6. The summed E-state index contributed by atoms with van der Waals surface area (Å²) >= 11 is 0. The number of hydrogen-bond acceptors (Lipinski definition) is 5. The third-order valence-corrected chi connectivity index (χ3v) is 3.85. The Morgan fingerprint density at radius 3 is 2.19 bits per heavy atom. The molecule has 0 saturated carbocycles. The summed E-state index contributed by atoms with van der Waals surface area (Å²) in [6.45, 7) is 0. The van der Waals surface area contributed by atoms with Gasteiger partial charge in [0.05, 0.1) is 0 Å². The van der Waals surface area contributed by atoms with Gasteiger partial charge in [-0.05, 0) is 12.1 Å². The zero-order valence-electron chi connectivity index (χ0n) is 13.5. The van der Waals surface area contributed by atoms with Crippen LogP contribution in [0.2, 0.25) is 0 Å². The van der Waals surface area contributed by atoms with Gasteiger partial charge in [0.25, 0.3) is 0 Å². The Morgan fingerprint density at radius 1 is 1.04 bits per heavy atom. The number of nitrogens with zero attached hydrogens (tertiary/aromatic N) is 1. The summed E-state index contributed by atoms with van der Waals surface area (Å²) in [6.07, 6.45) is -6.08. The van der Waals surface area contributed by atoms with Crippen molar-refractivity contribution >= 4 is 12.1 Å². The van der Waals surface area contributed by atoms with E-state index in [1.165, 1.54) is 0 Å². The smallest absolute Gasteiger partial charge is 0.436 e. The minimum atomic E-state index is -4.67. The number of amides is 1. The lowest BCUT2D eigenvalue weighted by atomic mass is 9.97. The summed E-state index contributed by atoms with van der Waals surface area (Å²) < 4.78 is 53.5. The molecule has 0 saturated heterocycles. The average Bonchev–Trinajstić information content (AvgIpc) is 3.10. The molecule has 0 aliphatic carbocycles.